The maximum absolute atomic E-state index is 5.77. The smallest absolute Gasteiger partial charge is 0.149 e. The van der Waals surface area contributed by atoms with Crippen LogP contribution in [0.5, 0.6) is 0 Å². The minimum Gasteiger partial charge on any atom is -0.366 e. The molecule has 2 fully saturated rings. The predicted molar refractivity (Wildman–Crippen MR) is 60.0 cm³/mol. The van der Waals surface area contributed by atoms with Crippen molar-refractivity contribution in [3.63, 3.8) is 0 Å². The number of aromatic nitrogens is 2. The van der Waals surface area contributed by atoms with Crippen LogP contribution in [0.15, 0.2) is 12.4 Å². The minimum atomic E-state index is 0.456. The van der Waals surface area contributed by atoms with E-state index in [1.165, 1.54) is 32.1 Å². The first-order valence-corrected chi connectivity index (χ1v) is 5.88. The summed E-state index contributed by atoms with van der Waals surface area (Å²) in [5.74, 6) is 0.807. The number of hydrogen-bond donors (Lipinski definition) is 1. The average molecular weight is 224 g/mol. The van der Waals surface area contributed by atoms with Crippen LogP contribution < -0.4 is 5.32 Å². The van der Waals surface area contributed by atoms with Gasteiger partial charge in [-0.2, -0.15) is 0 Å². The first-order chi connectivity index (χ1) is 7.26. The van der Waals surface area contributed by atoms with Crippen LogP contribution in [-0.4, -0.2) is 16.0 Å². The second-order valence-electron chi connectivity index (χ2n) is 4.83. The zero-order chi connectivity index (χ0) is 10.3. The van der Waals surface area contributed by atoms with Crippen molar-refractivity contribution >= 4 is 17.4 Å². The Kier molecular flexibility index (Phi) is 2.09. The molecule has 2 saturated carbocycles. The third-order valence-corrected chi connectivity index (χ3v) is 3.91. The Balaban J connectivity index is 1.58. The molecule has 0 atom stereocenters. The maximum Gasteiger partial charge on any atom is 0.149 e. The van der Waals surface area contributed by atoms with Crippen LogP contribution in [0.3, 0.4) is 0 Å². The molecule has 0 radical (unpaired) electrons. The molecule has 1 aromatic heterocycles. The van der Waals surface area contributed by atoms with Crippen molar-refractivity contribution in [3.05, 3.63) is 17.5 Å². The zero-order valence-corrected chi connectivity index (χ0v) is 9.30. The SMILES string of the molecule is Clc1cncc(NC2CC3(CCC3)C2)n1. The Morgan fingerprint density at radius 2 is 2.13 bits per heavy atom. The van der Waals surface area contributed by atoms with Crippen molar-refractivity contribution in [2.75, 3.05) is 5.32 Å². The molecule has 1 spiro atoms. The van der Waals surface area contributed by atoms with E-state index in [4.69, 9.17) is 11.6 Å². The molecular weight excluding hydrogens is 210 g/mol. The molecule has 0 amide bonds. The van der Waals surface area contributed by atoms with E-state index in [9.17, 15) is 0 Å². The van der Waals surface area contributed by atoms with E-state index in [0.717, 1.165) is 5.82 Å². The van der Waals surface area contributed by atoms with Crippen LogP contribution in [0.25, 0.3) is 0 Å². The van der Waals surface area contributed by atoms with Crippen LogP contribution >= 0.6 is 11.6 Å². The van der Waals surface area contributed by atoms with Crippen molar-refractivity contribution in [2.45, 2.75) is 38.1 Å². The van der Waals surface area contributed by atoms with Crippen molar-refractivity contribution in [1.82, 2.24) is 9.97 Å². The van der Waals surface area contributed by atoms with Gasteiger partial charge in [0.2, 0.25) is 0 Å². The van der Waals surface area contributed by atoms with Gasteiger partial charge in [0.05, 0.1) is 12.4 Å². The van der Waals surface area contributed by atoms with Gasteiger partial charge in [0.1, 0.15) is 11.0 Å². The summed E-state index contributed by atoms with van der Waals surface area (Å²) in [7, 11) is 0. The maximum atomic E-state index is 5.77. The lowest BCUT2D eigenvalue weighted by Crippen LogP contribution is -2.49. The van der Waals surface area contributed by atoms with Crippen LogP contribution in [-0.2, 0) is 0 Å². The fourth-order valence-electron chi connectivity index (χ4n) is 2.79. The van der Waals surface area contributed by atoms with E-state index in [2.05, 4.69) is 15.3 Å². The number of nitrogens with zero attached hydrogens (tertiary/aromatic N) is 2. The number of rotatable bonds is 2. The molecule has 0 aromatic carbocycles. The highest BCUT2D eigenvalue weighted by molar-refractivity contribution is 6.29. The fraction of sp³-hybridized carbons (Fsp3) is 0.636. The van der Waals surface area contributed by atoms with E-state index in [0.29, 0.717) is 16.6 Å². The second kappa shape index (κ2) is 3.34. The highest BCUT2D eigenvalue weighted by Gasteiger charge is 2.48. The summed E-state index contributed by atoms with van der Waals surface area (Å²) in [6.07, 6.45) is 10.1. The molecule has 2 aliphatic carbocycles. The van der Waals surface area contributed by atoms with Crippen molar-refractivity contribution < 1.29 is 0 Å². The van der Waals surface area contributed by atoms with E-state index in [1.54, 1.807) is 12.4 Å². The van der Waals surface area contributed by atoms with Crippen molar-refractivity contribution in [3.8, 4) is 0 Å². The highest BCUT2D eigenvalue weighted by Crippen LogP contribution is 2.56. The lowest BCUT2D eigenvalue weighted by molar-refractivity contribution is 0.0191. The molecule has 80 valence electrons. The van der Waals surface area contributed by atoms with Gasteiger partial charge in [-0.25, -0.2) is 4.98 Å². The number of anilines is 1. The molecule has 15 heavy (non-hydrogen) atoms. The largest absolute Gasteiger partial charge is 0.366 e. The topological polar surface area (TPSA) is 37.8 Å². The lowest BCUT2D eigenvalue weighted by Gasteiger charge is -2.54. The Morgan fingerprint density at radius 1 is 1.33 bits per heavy atom. The summed E-state index contributed by atoms with van der Waals surface area (Å²) in [5.41, 5.74) is 0.698. The van der Waals surface area contributed by atoms with Crippen LogP contribution in [0.4, 0.5) is 5.82 Å². The monoisotopic (exact) mass is 223 g/mol. The van der Waals surface area contributed by atoms with Crippen LogP contribution in [0.2, 0.25) is 5.15 Å². The van der Waals surface area contributed by atoms with Gasteiger partial charge < -0.3 is 5.32 Å². The summed E-state index contributed by atoms with van der Waals surface area (Å²) in [4.78, 5) is 8.19. The van der Waals surface area contributed by atoms with Gasteiger partial charge in [0, 0.05) is 6.04 Å². The molecule has 0 bridgehead atoms. The summed E-state index contributed by atoms with van der Waals surface area (Å²) in [5, 5.41) is 3.84. The quantitative estimate of drug-likeness (QED) is 0.838. The first kappa shape index (κ1) is 9.40. The van der Waals surface area contributed by atoms with E-state index >= 15 is 0 Å². The number of nitrogens with one attached hydrogen (secondary N) is 1. The Bertz CT molecular complexity index is 368. The van der Waals surface area contributed by atoms with Gasteiger partial charge in [-0.3, -0.25) is 4.98 Å². The molecule has 0 aliphatic heterocycles. The molecule has 0 saturated heterocycles. The van der Waals surface area contributed by atoms with Crippen LogP contribution in [0.1, 0.15) is 32.1 Å². The minimum absolute atomic E-state index is 0.456. The molecule has 1 N–H and O–H groups in total. The Hall–Kier alpha value is -0.830. The van der Waals surface area contributed by atoms with Crippen molar-refractivity contribution in [2.24, 2.45) is 5.41 Å². The molecule has 2 aliphatic rings. The zero-order valence-electron chi connectivity index (χ0n) is 8.54. The molecule has 1 heterocycles. The average Bonchev–Trinajstić information content (AvgIpc) is 2.07. The van der Waals surface area contributed by atoms with Gasteiger partial charge in [-0.05, 0) is 31.1 Å². The summed E-state index contributed by atoms with van der Waals surface area (Å²) in [6, 6.07) is 0.582. The van der Waals surface area contributed by atoms with E-state index < -0.39 is 0 Å². The first-order valence-electron chi connectivity index (χ1n) is 5.50. The van der Waals surface area contributed by atoms with E-state index in [-0.39, 0.29) is 0 Å². The Morgan fingerprint density at radius 3 is 2.73 bits per heavy atom. The molecule has 4 heteroatoms. The van der Waals surface area contributed by atoms with Gasteiger partial charge in [-0.1, -0.05) is 18.0 Å². The predicted octanol–water partition coefficient (Wildman–Crippen LogP) is 2.87. The van der Waals surface area contributed by atoms with Crippen LogP contribution in [0, 0.1) is 5.41 Å². The molecule has 3 rings (SSSR count). The summed E-state index contributed by atoms with van der Waals surface area (Å²) >= 11 is 5.77. The lowest BCUT2D eigenvalue weighted by atomic mass is 9.54. The molecule has 0 unspecified atom stereocenters. The van der Waals surface area contributed by atoms with Gasteiger partial charge in [0.15, 0.2) is 0 Å². The third kappa shape index (κ3) is 1.69. The second-order valence-corrected chi connectivity index (χ2v) is 5.22. The molecule has 3 nitrogen and oxygen atoms in total. The number of hydrogen-bond acceptors (Lipinski definition) is 3. The van der Waals surface area contributed by atoms with Gasteiger partial charge >= 0.3 is 0 Å². The molecule has 1 aromatic rings. The summed E-state index contributed by atoms with van der Waals surface area (Å²) in [6.45, 7) is 0. The van der Waals surface area contributed by atoms with Gasteiger partial charge in [0.25, 0.3) is 0 Å². The van der Waals surface area contributed by atoms with Crippen molar-refractivity contribution in [1.29, 1.82) is 0 Å². The summed E-state index contributed by atoms with van der Waals surface area (Å²) < 4.78 is 0. The standard InChI is InChI=1S/C11H14ClN3/c12-9-6-13-7-10(15-9)14-8-4-11(5-8)2-1-3-11/h6-8H,1-5H2,(H,14,15). The Labute approximate surface area is 94.3 Å². The highest BCUT2D eigenvalue weighted by atomic mass is 35.5. The fourth-order valence-corrected chi connectivity index (χ4v) is 2.94. The number of halogens is 1. The van der Waals surface area contributed by atoms with E-state index in [1.807, 2.05) is 0 Å². The van der Waals surface area contributed by atoms with Gasteiger partial charge in [-0.15, -0.1) is 0 Å². The molecular formula is C11H14ClN3. The third-order valence-electron chi connectivity index (χ3n) is 3.73. The normalized spacial score (nSPS) is 23.3.